The summed E-state index contributed by atoms with van der Waals surface area (Å²) in [5.41, 5.74) is 5.37. The van der Waals surface area contributed by atoms with Crippen LogP contribution in [-0.2, 0) is 13.6 Å². The first kappa shape index (κ1) is 11.9. The molecule has 0 bridgehead atoms. The maximum atomic E-state index is 4.56. The Morgan fingerprint density at radius 2 is 2.21 bits per heavy atom. The van der Waals surface area contributed by atoms with Gasteiger partial charge in [0.1, 0.15) is 5.82 Å². The Bertz CT molecular complexity index is 723. The van der Waals surface area contributed by atoms with Crippen LogP contribution in [-0.4, -0.2) is 26.8 Å². The van der Waals surface area contributed by atoms with E-state index in [9.17, 15) is 0 Å². The minimum absolute atomic E-state index is 0.809. The molecule has 5 heteroatoms. The standard InChI is InChI=1S/C14H17N5/c1-9-16-12-5-4-10(6-13(12)17-9)14-11(7-15-2)8-19(3)18-14/h4-6,8,15H,7H2,1-3H3,(H,16,17). The number of aryl methyl sites for hydroxylation is 2. The van der Waals surface area contributed by atoms with Crippen LogP contribution in [0.4, 0.5) is 0 Å². The normalized spacial score (nSPS) is 11.3. The number of benzene rings is 1. The zero-order valence-electron chi connectivity index (χ0n) is 11.4. The van der Waals surface area contributed by atoms with Crippen molar-refractivity contribution in [2.45, 2.75) is 13.5 Å². The van der Waals surface area contributed by atoms with Crippen LogP contribution in [0.2, 0.25) is 0 Å². The number of aromatic amines is 1. The Labute approximate surface area is 111 Å². The second kappa shape index (κ2) is 4.51. The van der Waals surface area contributed by atoms with E-state index in [-0.39, 0.29) is 0 Å². The fourth-order valence-electron chi connectivity index (χ4n) is 2.38. The van der Waals surface area contributed by atoms with Gasteiger partial charge in [0.05, 0.1) is 16.7 Å². The zero-order chi connectivity index (χ0) is 13.4. The van der Waals surface area contributed by atoms with Crippen LogP contribution in [0.1, 0.15) is 11.4 Å². The molecule has 0 atom stereocenters. The van der Waals surface area contributed by atoms with Crippen LogP contribution in [0.25, 0.3) is 22.3 Å². The van der Waals surface area contributed by atoms with Gasteiger partial charge < -0.3 is 10.3 Å². The molecule has 0 aliphatic heterocycles. The largest absolute Gasteiger partial charge is 0.342 e. The molecule has 98 valence electrons. The Morgan fingerprint density at radius 1 is 1.37 bits per heavy atom. The van der Waals surface area contributed by atoms with Gasteiger partial charge in [0.2, 0.25) is 0 Å². The summed E-state index contributed by atoms with van der Waals surface area (Å²) in [5.74, 6) is 0.934. The van der Waals surface area contributed by atoms with E-state index in [4.69, 9.17) is 0 Å². The van der Waals surface area contributed by atoms with Crippen LogP contribution in [0.3, 0.4) is 0 Å². The number of nitrogens with one attached hydrogen (secondary N) is 2. The van der Waals surface area contributed by atoms with Gasteiger partial charge >= 0.3 is 0 Å². The molecule has 1 aromatic carbocycles. The molecule has 2 aromatic heterocycles. The van der Waals surface area contributed by atoms with Gasteiger partial charge in [-0.05, 0) is 26.1 Å². The van der Waals surface area contributed by atoms with Crippen LogP contribution in [0, 0.1) is 6.92 Å². The monoisotopic (exact) mass is 255 g/mol. The minimum Gasteiger partial charge on any atom is -0.342 e. The number of rotatable bonds is 3. The molecule has 0 saturated heterocycles. The third-order valence-corrected chi connectivity index (χ3v) is 3.15. The fraction of sp³-hybridized carbons (Fsp3) is 0.286. The second-order valence-corrected chi connectivity index (χ2v) is 4.76. The summed E-state index contributed by atoms with van der Waals surface area (Å²) in [4.78, 5) is 7.68. The van der Waals surface area contributed by atoms with Crippen LogP contribution >= 0.6 is 0 Å². The van der Waals surface area contributed by atoms with Gasteiger partial charge in [0.25, 0.3) is 0 Å². The van der Waals surface area contributed by atoms with Gasteiger partial charge in [-0.15, -0.1) is 0 Å². The number of nitrogens with zero attached hydrogens (tertiary/aromatic N) is 3. The SMILES string of the molecule is CNCc1cn(C)nc1-c1ccc2nc(C)[nH]c2c1. The highest BCUT2D eigenvalue weighted by molar-refractivity contribution is 5.81. The first-order valence-corrected chi connectivity index (χ1v) is 6.31. The van der Waals surface area contributed by atoms with E-state index in [2.05, 4.69) is 32.5 Å². The summed E-state index contributed by atoms with van der Waals surface area (Å²) < 4.78 is 1.85. The molecule has 19 heavy (non-hydrogen) atoms. The van der Waals surface area contributed by atoms with Crippen molar-refractivity contribution in [1.29, 1.82) is 0 Å². The molecule has 0 fully saturated rings. The Hall–Kier alpha value is -2.14. The molecule has 3 aromatic rings. The molecule has 0 radical (unpaired) electrons. The maximum Gasteiger partial charge on any atom is 0.104 e. The Morgan fingerprint density at radius 3 is 3.00 bits per heavy atom. The van der Waals surface area contributed by atoms with E-state index in [1.807, 2.05) is 38.0 Å². The second-order valence-electron chi connectivity index (χ2n) is 4.76. The lowest BCUT2D eigenvalue weighted by molar-refractivity contribution is 0.765. The number of fused-ring (bicyclic) bond motifs is 1. The van der Waals surface area contributed by atoms with Crippen molar-refractivity contribution in [1.82, 2.24) is 25.1 Å². The summed E-state index contributed by atoms with van der Waals surface area (Å²) in [5, 5.41) is 7.73. The molecule has 0 aliphatic carbocycles. The zero-order valence-corrected chi connectivity index (χ0v) is 11.4. The number of imidazole rings is 1. The first-order chi connectivity index (χ1) is 9.17. The van der Waals surface area contributed by atoms with Gasteiger partial charge in [-0.3, -0.25) is 4.68 Å². The van der Waals surface area contributed by atoms with Gasteiger partial charge in [-0.2, -0.15) is 5.10 Å². The average molecular weight is 255 g/mol. The van der Waals surface area contributed by atoms with Gasteiger partial charge in [0.15, 0.2) is 0 Å². The van der Waals surface area contributed by atoms with E-state index in [0.717, 1.165) is 34.7 Å². The lowest BCUT2D eigenvalue weighted by Gasteiger charge is -2.01. The van der Waals surface area contributed by atoms with Crippen molar-refractivity contribution in [2.75, 3.05) is 7.05 Å². The topological polar surface area (TPSA) is 58.5 Å². The number of aromatic nitrogens is 4. The lowest BCUT2D eigenvalue weighted by Crippen LogP contribution is -2.05. The average Bonchev–Trinajstić information content (AvgIpc) is 2.90. The van der Waals surface area contributed by atoms with Crippen molar-refractivity contribution >= 4 is 11.0 Å². The highest BCUT2D eigenvalue weighted by Gasteiger charge is 2.10. The lowest BCUT2D eigenvalue weighted by atomic mass is 10.1. The number of hydrogen-bond acceptors (Lipinski definition) is 3. The maximum absolute atomic E-state index is 4.56. The molecule has 2 N–H and O–H groups in total. The van der Waals surface area contributed by atoms with Crippen LogP contribution in [0.15, 0.2) is 24.4 Å². The predicted octanol–water partition coefficient (Wildman–Crippen LogP) is 1.99. The highest BCUT2D eigenvalue weighted by atomic mass is 15.3. The molecule has 0 unspecified atom stereocenters. The van der Waals surface area contributed by atoms with Gasteiger partial charge in [-0.25, -0.2) is 4.98 Å². The number of H-pyrrole nitrogens is 1. The molecule has 3 rings (SSSR count). The quantitative estimate of drug-likeness (QED) is 0.752. The molecule has 0 aliphatic rings. The van der Waals surface area contributed by atoms with Crippen LogP contribution in [0.5, 0.6) is 0 Å². The van der Waals surface area contributed by atoms with Crippen molar-refractivity contribution in [2.24, 2.45) is 7.05 Å². The van der Waals surface area contributed by atoms with Crippen molar-refractivity contribution in [3.8, 4) is 11.3 Å². The van der Waals surface area contributed by atoms with E-state index in [0.29, 0.717) is 0 Å². The van der Waals surface area contributed by atoms with Crippen molar-refractivity contribution in [3.63, 3.8) is 0 Å². The van der Waals surface area contributed by atoms with E-state index < -0.39 is 0 Å². The Balaban J connectivity index is 2.12. The smallest absolute Gasteiger partial charge is 0.104 e. The molecule has 0 amide bonds. The van der Waals surface area contributed by atoms with E-state index in [1.165, 1.54) is 5.56 Å². The van der Waals surface area contributed by atoms with Crippen LogP contribution < -0.4 is 5.32 Å². The van der Waals surface area contributed by atoms with E-state index in [1.54, 1.807) is 0 Å². The molecule has 5 nitrogen and oxygen atoms in total. The van der Waals surface area contributed by atoms with Crippen molar-refractivity contribution < 1.29 is 0 Å². The minimum atomic E-state index is 0.809. The number of hydrogen-bond donors (Lipinski definition) is 2. The van der Waals surface area contributed by atoms with E-state index >= 15 is 0 Å². The van der Waals surface area contributed by atoms with Crippen molar-refractivity contribution in [3.05, 3.63) is 35.8 Å². The van der Waals surface area contributed by atoms with Gasteiger partial charge in [-0.1, -0.05) is 6.07 Å². The van der Waals surface area contributed by atoms with Gasteiger partial charge in [0, 0.05) is 30.9 Å². The third kappa shape index (κ3) is 2.13. The summed E-state index contributed by atoms with van der Waals surface area (Å²) in [7, 11) is 3.89. The fourth-order valence-corrected chi connectivity index (χ4v) is 2.38. The first-order valence-electron chi connectivity index (χ1n) is 6.31. The molecule has 0 saturated carbocycles. The summed E-state index contributed by atoms with van der Waals surface area (Å²) in [6.07, 6.45) is 2.05. The predicted molar refractivity (Wildman–Crippen MR) is 75.8 cm³/mol. The highest BCUT2D eigenvalue weighted by Crippen LogP contribution is 2.25. The molecular formula is C14H17N5. The molecular weight excluding hydrogens is 238 g/mol. The summed E-state index contributed by atoms with van der Waals surface area (Å²) in [6.45, 7) is 2.77. The summed E-state index contributed by atoms with van der Waals surface area (Å²) in [6, 6.07) is 6.22. The third-order valence-electron chi connectivity index (χ3n) is 3.15. The Kier molecular flexibility index (Phi) is 2.83. The summed E-state index contributed by atoms with van der Waals surface area (Å²) >= 11 is 0. The molecule has 2 heterocycles. The molecule has 0 spiro atoms.